The molecule has 29 heavy (non-hydrogen) atoms. The minimum Gasteiger partial charge on any atom is -0.350 e. The number of halogens is 4. The van der Waals surface area contributed by atoms with Gasteiger partial charge >= 0.3 is 11.9 Å². The first kappa shape index (κ1) is 21.1. The van der Waals surface area contributed by atoms with Crippen LogP contribution >= 0.6 is 11.6 Å². The summed E-state index contributed by atoms with van der Waals surface area (Å²) >= 11 is 5.91. The molecule has 3 rings (SSSR count). The molecule has 1 aliphatic rings. The van der Waals surface area contributed by atoms with Gasteiger partial charge < -0.3 is 5.32 Å². The van der Waals surface area contributed by atoms with E-state index in [4.69, 9.17) is 11.6 Å². The Kier molecular flexibility index (Phi) is 5.82. The van der Waals surface area contributed by atoms with Crippen molar-refractivity contribution in [3.8, 4) is 0 Å². The highest BCUT2D eigenvalue weighted by atomic mass is 35.5. The topological polar surface area (TPSA) is 108 Å². The number of nitro groups is 1. The number of carbonyl (C=O) groups excluding carboxylic acids is 1. The molecule has 0 radical (unpaired) electrons. The fraction of sp³-hybridized carbons (Fsp3) is 0.562. The summed E-state index contributed by atoms with van der Waals surface area (Å²) < 4.78 is 41.7. The Bertz CT molecular complexity index is 935. The van der Waals surface area contributed by atoms with Gasteiger partial charge in [-0.1, -0.05) is 11.6 Å². The van der Waals surface area contributed by atoms with Crippen LogP contribution in [-0.2, 0) is 19.3 Å². The molecule has 2 aromatic heterocycles. The Labute approximate surface area is 168 Å². The predicted octanol–water partition coefficient (Wildman–Crippen LogP) is 3.38. The lowest BCUT2D eigenvalue weighted by Gasteiger charge is -2.07. The Morgan fingerprint density at radius 2 is 2.10 bits per heavy atom. The molecule has 0 aromatic carbocycles. The first-order valence-corrected chi connectivity index (χ1v) is 9.34. The van der Waals surface area contributed by atoms with Crippen molar-refractivity contribution in [2.24, 2.45) is 0 Å². The normalized spacial score (nSPS) is 14.2. The second-order valence-corrected chi connectivity index (χ2v) is 7.01. The zero-order valence-electron chi connectivity index (χ0n) is 15.4. The Morgan fingerprint density at radius 1 is 1.41 bits per heavy atom. The summed E-state index contributed by atoms with van der Waals surface area (Å²) in [6, 6.07) is 0. The van der Waals surface area contributed by atoms with Crippen LogP contribution in [0.15, 0.2) is 6.20 Å². The fourth-order valence-corrected chi connectivity index (χ4v) is 3.33. The number of nitrogens with zero attached hydrogens (tertiary/aromatic N) is 5. The third-order valence-corrected chi connectivity index (χ3v) is 4.85. The van der Waals surface area contributed by atoms with E-state index in [0.717, 1.165) is 12.8 Å². The van der Waals surface area contributed by atoms with E-state index < -0.39 is 28.4 Å². The van der Waals surface area contributed by atoms with E-state index in [1.165, 1.54) is 15.6 Å². The summed E-state index contributed by atoms with van der Waals surface area (Å²) in [6.45, 7) is 2.28. The maximum Gasteiger partial charge on any atom is 0.436 e. The minimum atomic E-state index is -4.64. The number of carbonyl (C=O) groups is 1. The highest BCUT2D eigenvalue weighted by molar-refractivity contribution is 6.32. The molecular weight excluding hydrogens is 417 g/mol. The molecule has 2 heterocycles. The molecule has 158 valence electrons. The first-order valence-electron chi connectivity index (χ1n) is 8.96. The Hall–Kier alpha value is -2.63. The average Bonchev–Trinajstić information content (AvgIpc) is 3.27. The molecule has 0 bridgehead atoms. The average molecular weight is 435 g/mol. The highest BCUT2D eigenvalue weighted by Crippen LogP contribution is 2.46. The summed E-state index contributed by atoms with van der Waals surface area (Å²) in [5.41, 5.74) is -1.46. The van der Waals surface area contributed by atoms with Crippen molar-refractivity contribution in [1.82, 2.24) is 24.9 Å². The zero-order chi connectivity index (χ0) is 21.3. The SMILES string of the molecule is CCn1cc([N+](=O)[O-])c(C(=O)NCCCn2nc(C(F)(F)F)c(Cl)c2C2CC2)n1. The number of rotatable bonds is 8. The van der Waals surface area contributed by atoms with Gasteiger partial charge in [0.05, 0.1) is 15.6 Å². The summed E-state index contributed by atoms with van der Waals surface area (Å²) in [7, 11) is 0. The van der Waals surface area contributed by atoms with Gasteiger partial charge in [-0.3, -0.25) is 24.3 Å². The largest absolute Gasteiger partial charge is 0.436 e. The molecule has 1 saturated carbocycles. The fourth-order valence-electron chi connectivity index (χ4n) is 2.93. The zero-order valence-corrected chi connectivity index (χ0v) is 16.1. The number of aromatic nitrogens is 4. The van der Waals surface area contributed by atoms with Gasteiger partial charge in [0.1, 0.15) is 6.20 Å². The lowest BCUT2D eigenvalue weighted by Crippen LogP contribution is -2.26. The third kappa shape index (κ3) is 4.52. The minimum absolute atomic E-state index is 0.0404. The summed E-state index contributed by atoms with van der Waals surface area (Å²) in [5, 5.41) is 20.7. The van der Waals surface area contributed by atoms with Crippen LogP contribution in [0.1, 0.15) is 54.0 Å². The molecule has 1 N–H and O–H groups in total. The second kappa shape index (κ2) is 8.01. The Balaban J connectivity index is 1.63. The molecule has 13 heteroatoms. The highest BCUT2D eigenvalue weighted by Gasteiger charge is 2.41. The molecule has 0 unspecified atom stereocenters. The predicted molar refractivity (Wildman–Crippen MR) is 95.7 cm³/mol. The van der Waals surface area contributed by atoms with Crippen molar-refractivity contribution >= 4 is 23.2 Å². The van der Waals surface area contributed by atoms with Crippen LogP contribution in [0.4, 0.5) is 18.9 Å². The van der Waals surface area contributed by atoms with E-state index >= 15 is 0 Å². The molecule has 0 spiro atoms. The van der Waals surface area contributed by atoms with Gasteiger partial charge in [0, 0.05) is 25.6 Å². The van der Waals surface area contributed by atoms with E-state index in [1.54, 1.807) is 6.92 Å². The molecule has 1 amide bonds. The van der Waals surface area contributed by atoms with Gasteiger partial charge in [-0.05, 0) is 26.2 Å². The van der Waals surface area contributed by atoms with E-state index in [2.05, 4.69) is 15.5 Å². The number of hydrogen-bond acceptors (Lipinski definition) is 5. The van der Waals surface area contributed by atoms with E-state index in [0.29, 0.717) is 12.2 Å². The summed E-state index contributed by atoms with van der Waals surface area (Å²) in [5.74, 6) is -0.762. The molecule has 0 atom stereocenters. The quantitative estimate of drug-likeness (QED) is 0.389. The molecule has 0 saturated heterocycles. The van der Waals surface area contributed by atoms with Gasteiger partial charge in [0.2, 0.25) is 5.69 Å². The summed E-state index contributed by atoms with van der Waals surface area (Å²) in [6.07, 6.45) is -1.70. The van der Waals surface area contributed by atoms with Crippen molar-refractivity contribution in [3.05, 3.63) is 38.4 Å². The molecule has 1 fully saturated rings. The van der Waals surface area contributed by atoms with Crippen LogP contribution in [0, 0.1) is 10.1 Å². The van der Waals surface area contributed by atoms with E-state index in [9.17, 15) is 28.1 Å². The maximum absolute atomic E-state index is 13.1. The van der Waals surface area contributed by atoms with E-state index in [-0.39, 0.29) is 36.1 Å². The Morgan fingerprint density at radius 3 is 2.66 bits per heavy atom. The van der Waals surface area contributed by atoms with Gasteiger partial charge in [-0.2, -0.15) is 23.4 Å². The number of amides is 1. The van der Waals surface area contributed by atoms with Crippen LogP contribution in [-0.4, -0.2) is 36.9 Å². The molecular formula is C16H18ClF3N6O3. The molecule has 9 nitrogen and oxygen atoms in total. The molecule has 2 aromatic rings. The molecule has 1 aliphatic carbocycles. The summed E-state index contributed by atoms with van der Waals surface area (Å²) in [4.78, 5) is 22.6. The van der Waals surface area contributed by atoms with Crippen LogP contribution in [0.5, 0.6) is 0 Å². The van der Waals surface area contributed by atoms with Gasteiger partial charge in [-0.15, -0.1) is 0 Å². The van der Waals surface area contributed by atoms with Crippen molar-refractivity contribution in [3.63, 3.8) is 0 Å². The second-order valence-electron chi connectivity index (χ2n) is 6.63. The van der Waals surface area contributed by atoms with Crippen LogP contribution in [0.2, 0.25) is 5.02 Å². The van der Waals surface area contributed by atoms with Crippen LogP contribution < -0.4 is 5.32 Å². The number of hydrogen-bond donors (Lipinski definition) is 1. The lowest BCUT2D eigenvalue weighted by atomic mass is 10.2. The standard InChI is InChI=1S/C16H18ClF3N6O3/c1-2-24-8-10(26(28)29)12(22-24)15(27)21-6-3-7-25-13(9-4-5-9)11(17)14(23-25)16(18,19)20/h8-9H,2-7H2,1H3,(H,21,27). The number of aryl methyl sites for hydroxylation is 2. The number of nitrogens with one attached hydrogen (secondary N) is 1. The van der Waals surface area contributed by atoms with Crippen molar-refractivity contribution in [2.45, 2.75) is 51.4 Å². The van der Waals surface area contributed by atoms with Gasteiger partial charge in [0.25, 0.3) is 5.91 Å². The maximum atomic E-state index is 13.1. The monoisotopic (exact) mass is 434 g/mol. The first-order chi connectivity index (χ1) is 13.6. The van der Waals surface area contributed by atoms with Crippen LogP contribution in [0.3, 0.4) is 0 Å². The van der Waals surface area contributed by atoms with Crippen molar-refractivity contribution in [1.29, 1.82) is 0 Å². The van der Waals surface area contributed by atoms with E-state index in [1.807, 2.05) is 0 Å². The molecule has 0 aliphatic heterocycles. The van der Waals surface area contributed by atoms with Gasteiger partial charge in [0.15, 0.2) is 5.69 Å². The van der Waals surface area contributed by atoms with Crippen LogP contribution in [0.25, 0.3) is 0 Å². The van der Waals surface area contributed by atoms with Crippen molar-refractivity contribution in [2.75, 3.05) is 6.54 Å². The van der Waals surface area contributed by atoms with Crippen molar-refractivity contribution < 1.29 is 22.9 Å². The van der Waals surface area contributed by atoms with Gasteiger partial charge in [-0.25, -0.2) is 0 Å². The third-order valence-electron chi connectivity index (χ3n) is 4.47. The smallest absolute Gasteiger partial charge is 0.350 e. The lowest BCUT2D eigenvalue weighted by molar-refractivity contribution is -0.385. The number of alkyl halides is 3.